The lowest BCUT2D eigenvalue weighted by Gasteiger charge is -2.08. The number of nitrogen functional groups attached to an aromatic ring is 1. The SMILES string of the molecule is Nc1ccccc1OCc1cccc([N+](=O)[O-])c1. The quantitative estimate of drug-likeness (QED) is 0.509. The molecule has 0 amide bonds. The second kappa shape index (κ2) is 5.18. The van der Waals surface area contributed by atoms with Crippen molar-refractivity contribution in [2.45, 2.75) is 6.61 Å². The Labute approximate surface area is 104 Å². The average Bonchev–Trinajstić information content (AvgIpc) is 2.38. The molecule has 5 heteroatoms. The molecule has 0 atom stereocenters. The van der Waals surface area contributed by atoms with Gasteiger partial charge in [0.15, 0.2) is 0 Å². The van der Waals surface area contributed by atoms with E-state index in [0.29, 0.717) is 11.4 Å². The predicted octanol–water partition coefficient (Wildman–Crippen LogP) is 2.76. The van der Waals surface area contributed by atoms with Crippen molar-refractivity contribution in [3.63, 3.8) is 0 Å². The fourth-order valence-electron chi connectivity index (χ4n) is 1.53. The molecule has 0 bridgehead atoms. The summed E-state index contributed by atoms with van der Waals surface area (Å²) >= 11 is 0. The van der Waals surface area contributed by atoms with E-state index in [1.165, 1.54) is 12.1 Å². The molecule has 0 saturated carbocycles. The van der Waals surface area contributed by atoms with Crippen LogP contribution in [0.25, 0.3) is 0 Å². The van der Waals surface area contributed by atoms with Crippen molar-refractivity contribution < 1.29 is 9.66 Å². The summed E-state index contributed by atoms with van der Waals surface area (Å²) in [6, 6.07) is 13.5. The van der Waals surface area contributed by atoms with Gasteiger partial charge in [0, 0.05) is 12.1 Å². The number of nitro groups is 1. The first-order valence-electron chi connectivity index (χ1n) is 5.37. The molecule has 2 aromatic carbocycles. The number of hydrogen-bond acceptors (Lipinski definition) is 4. The lowest BCUT2D eigenvalue weighted by atomic mass is 10.2. The molecule has 0 unspecified atom stereocenters. The number of rotatable bonds is 4. The Balaban J connectivity index is 2.09. The van der Waals surface area contributed by atoms with Crippen LogP contribution in [0.4, 0.5) is 11.4 Å². The molecular formula is C13H12N2O3. The van der Waals surface area contributed by atoms with E-state index in [1.54, 1.807) is 24.3 Å². The number of para-hydroxylation sites is 2. The Hall–Kier alpha value is -2.56. The van der Waals surface area contributed by atoms with E-state index in [1.807, 2.05) is 12.1 Å². The lowest BCUT2D eigenvalue weighted by Crippen LogP contribution is -1.99. The van der Waals surface area contributed by atoms with Gasteiger partial charge < -0.3 is 10.5 Å². The molecule has 0 spiro atoms. The van der Waals surface area contributed by atoms with Gasteiger partial charge in [-0.15, -0.1) is 0 Å². The fourth-order valence-corrected chi connectivity index (χ4v) is 1.53. The molecule has 0 aromatic heterocycles. The predicted molar refractivity (Wildman–Crippen MR) is 68.3 cm³/mol. The van der Waals surface area contributed by atoms with Crippen molar-refractivity contribution in [2.75, 3.05) is 5.73 Å². The molecule has 2 N–H and O–H groups in total. The first-order valence-corrected chi connectivity index (χ1v) is 5.37. The Morgan fingerprint density at radius 2 is 1.94 bits per heavy atom. The Kier molecular flexibility index (Phi) is 3.43. The van der Waals surface area contributed by atoms with Gasteiger partial charge in [-0.3, -0.25) is 10.1 Å². The molecule has 0 heterocycles. The van der Waals surface area contributed by atoms with E-state index in [-0.39, 0.29) is 12.3 Å². The number of hydrogen-bond donors (Lipinski definition) is 1. The van der Waals surface area contributed by atoms with Crippen LogP contribution in [0.5, 0.6) is 5.75 Å². The summed E-state index contributed by atoms with van der Waals surface area (Å²) in [4.78, 5) is 10.2. The summed E-state index contributed by atoms with van der Waals surface area (Å²) in [6.45, 7) is 0.246. The number of nitro benzene ring substituents is 1. The highest BCUT2D eigenvalue weighted by Gasteiger charge is 2.06. The minimum Gasteiger partial charge on any atom is -0.487 e. The molecule has 0 saturated heterocycles. The summed E-state index contributed by atoms with van der Waals surface area (Å²) < 4.78 is 5.51. The normalized spacial score (nSPS) is 10.0. The third-order valence-electron chi connectivity index (χ3n) is 2.43. The standard InChI is InChI=1S/C13H12N2O3/c14-12-6-1-2-7-13(12)18-9-10-4-3-5-11(8-10)15(16)17/h1-8H,9,14H2. The van der Waals surface area contributed by atoms with Crippen LogP contribution in [0.1, 0.15) is 5.56 Å². The molecule has 0 aliphatic carbocycles. The van der Waals surface area contributed by atoms with Crippen LogP contribution in [0.2, 0.25) is 0 Å². The second-order valence-corrected chi connectivity index (χ2v) is 3.75. The number of ether oxygens (including phenoxy) is 1. The van der Waals surface area contributed by atoms with Gasteiger partial charge in [0.05, 0.1) is 10.6 Å². The highest BCUT2D eigenvalue weighted by atomic mass is 16.6. The highest BCUT2D eigenvalue weighted by molar-refractivity contribution is 5.51. The third kappa shape index (κ3) is 2.76. The molecule has 18 heavy (non-hydrogen) atoms. The van der Waals surface area contributed by atoms with Gasteiger partial charge in [0.25, 0.3) is 5.69 Å². The van der Waals surface area contributed by atoms with Crippen LogP contribution >= 0.6 is 0 Å². The summed E-state index contributed by atoms with van der Waals surface area (Å²) in [5, 5.41) is 10.6. The van der Waals surface area contributed by atoms with Gasteiger partial charge in [-0.2, -0.15) is 0 Å². The number of non-ortho nitro benzene ring substituents is 1. The first-order chi connectivity index (χ1) is 8.66. The first kappa shape index (κ1) is 11.9. The highest BCUT2D eigenvalue weighted by Crippen LogP contribution is 2.22. The number of benzene rings is 2. The van der Waals surface area contributed by atoms with Crippen molar-refractivity contribution >= 4 is 11.4 Å². The zero-order chi connectivity index (χ0) is 13.0. The number of nitrogens with zero attached hydrogens (tertiary/aromatic N) is 1. The largest absolute Gasteiger partial charge is 0.487 e. The summed E-state index contributed by atoms with van der Waals surface area (Å²) in [7, 11) is 0. The molecule has 92 valence electrons. The summed E-state index contributed by atoms with van der Waals surface area (Å²) in [5.41, 5.74) is 7.06. The molecule has 2 aromatic rings. The van der Waals surface area contributed by atoms with Crippen molar-refractivity contribution in [3.05, 3.63) is 64.2 Å². The lowest BCUT2D eigenvalue weighted by molar-refractivity contribution is -0.384. The second-order valence-electron chi connectivity index (χ2n) is 3.75. The van der Waals surface area contributed by atoms with Crippen molar-refractivity contribution in [3.8, 4) is 5.75 Å². The van der Waals surface area contributed by atoms with Gasteiger partial charge in [-0.25, -0.2) is 0 Å². The van der Waals surface area contributed by atoms with Crippen LogP contribution in [0.3, 0.4) is 0 Å². The van der Waals surface area contributed by atoms with Crippen molar-refractivity contribution in [1.29, 1.82) is 0 Å². The maximum atomic E-state index is 10.6. The zero-order valence-corrected chi connectivity index (χ0v) is 9.58. The zero-order valence-electron chi connectivity index (χ0n) is 9.58. The number of nitrogens with two attached hydrogens (primary N) is 1. The molecule has 0 radical (unpaired) electrons. The fraction of sp³-hybridized carbons (Fsp3) is 0.0769. The number of anilines is 1. The Morgan fingerprint density at radius 3 is 2.67 bits per heavy atom. The van der Waals surface area contributed by atoms with Crippen LogP contribution in [0.15, 0.2) is 48.5 Å². The van der Waals surface area contributed by atoms with Crippen molar-refractivity contribution in [1.82, 2.24) is 0 Å². The van der Waals surface area contributed by atoms with E-state index in [2.05, 4.69) is 0 Å². The van der Waals surface area contributed by atoms with E-state index in [9.17, 15) is 10.1 Å². The molecule has 5 nitrogen and oxygen atoms in total. The Morgan fingerprint density at radius 1 is 1.17 bits per heavy atom. The topological polar surface area (TPSA) is 78.4 Å². The summed E-state index contributed by atoms with van der Waals surface area (Å²) in [5.74, 6) is 0.573. The molecular weight excluding hydrogens is 232 g/mol. The van der Waals surface area contributed by atoms with Gasteiger partial charge in [-0.1, -0.05) is 24.3 Å². The molecule has 0 aliphatic rings. The van der Waals surface area contributed by atoms with Crippen LogP contribution in [-0.4, -0.2) is 4.92 Å². The maximum Gasteiger partial charge on any atom is 0.269 e. The van der Waals surface area contributed by atoms with Gasteiger partial charge in [0.2, 0.25) is 0 Å². The molecule has 0 fully saturated rings. The van der Waals surface area contributed by atoms with Gasteiger partial charge >= 0.3 is 0 Å². The maximum absolute atomic E-state index is 10.6. The van der Waals surface area contributed by atoms with Gasteiger partial charge in [0.1, 0.15) is 12.4 Å². The average molecular weight is 244 g/mol. The van der Waals surface area contributed by atoms with Gasteiger partial charge in [-0.05, 0) is 17.7 Å². The van der Waals surface area contributed by atoms with Crippen LogP contribution in [0, 0.1) is 10.1 Å². The Bertz CT molecular complexity index is 570. The smallest absolute Gasteiger partial charge is 0.269 e. The third-order valence-corrected chi connectivity index (χ3v) is 2.43. The van der Waals surface area contributed by atoms with Crippen molar-refractivity contribution in [2.24, 2.45) is 0 Å². The minimum atomic E-state index is -0.430. The van der Waals surface area contributed by atoms with E-state index in [0.717, 1.165) is 5.56 Å². The monoisotopic (exact) mass is 244 g/mol. The van der Waals surface area contributed by atoms with E-state index in [4.69, 9.17) is 10.5 Å². The van der Waals surface area contributed by atoms with Crippen LogP contribution in [-0.2, 0) is 6.61 Å². The molecule has 2 rings (SSSR count). The van der Waals surface area contributed by atoms with Crippen LogP contribution < -0.4 is 10.5 Å². The van der Waals surface area contributed by atoms with E-state index >= 15 is 0 Å². The summed E-state index contributed by atoms with van der Waals surface area (Å²) in [6.07, 6.45) is 0. The molecule has 0 aliphatic heterocycles. The minimum absolute atomic E-state index is 0.0529. The van der Waals surface area contributed by atoms with E-state index < -0.39 is 4.92 Å².